The predicted octanol–water partition coefficient (Wildman–Crippen LogP) is 0.740. The molecule has 0 radical (unpaired) electrons. The van der Waals surface area contributed by atoms with Crippen LogP contribution in [0.1, 0.15) is 11.1 Å². The Kier molecular flexibility index (Phi) is 5.34. The van der Waals surface area contributed by atoms with E-state index in [4.69, 9.17) is 4.74 Å². The van der Waals surface area contributed by atoms with Gasteiger partial charge in [0.1, 0.15) is 18.4 Å². The van der Waals surface area contributed by atoms with Crippen molar-refractivity contribution in [2.75, 3.05) is 38.2 Å². The van der Waals surface area contributed by atoms with Crippen LogP contribution in [-0.2, 0) is 13.1 Å². The molecule has 0 amide bonds. The van der Waals surface area contributed by atoms with E-state index in [2.05, 4.69) is 37.1 Å². The van der Waals surface area contributed by atoms with Crippen LogP contribution in [0.4, 0.5) is 5.82 Å². The van der Waals surface area contributed by atoms with Gasteiger partial charge in [0.2, 0.25) is 0 Å². The van der Waals surface area contributed by atoms with Crippen molar-refractivity contribution in [1.82, 2.24) is 29.6 Å². The van der Waals surface area contributed by atoms with Crippen molar-refractivity contribution in [3.8, 4) is 5.75 Å². The van der Waals surface area contributed by atoms with Gasteiger partial charge < -0.3 is 14.6 Å². The Labute approximate surface area is 162 Å². The van der Waals surface area contributed by atoms with Gasteiger partial charge in [-0.2, -0.15) is 5.10 Å². The Morgan fingerprint density at radius 3 is 2.75 bits per heavy atom. The molecule has 3 aromatic rings. The number of benzene rings is 1. The van der Waals surface area contributed by atoms with Crippen molar-refractivity contribution < 1.29 is 4.74 Å². The summed E-state index contributed by atoms with van der Waals surface area (Å²) in [7, 11) is 1.68. The number of hydrogen-bond donors (Lipinski definition) is 1. The number of rotatable bonds is 6. The zero-order valence-electron chi connectivity index (χ0n) is 15.8. The van der Waals surface area contributed by atoms with Gasteiger partial charge in [0.25, 0.3) is 5.56 Å². The third-order valence-corrected chi connectivity index (χ3v) is 4.91. The van der Waals surface area contributed by atoms with Crippen molar-refractivity contribution in [2.45, 2.75) is 13.1 Å². The molecule has 0 atom stereocenters. The molecule has 146 valence electrons. The molecule has 1 N–H and O–H groups in total. The summed E-state index contributed by atoms with van der Waals surface area (Å²) < 4.78 is 7.27. The standard InChI is InChI=1S/C19H23N7O2/c1-28-17-3-2-15(10-16(17)12-26-14-20-13-23-26)11-24-6-8-25(9-7-24)18-19(27)22-5-4-21-18/h2-5,10,13-14H,6-9,11-12H2,1H3,(H,22,27). The lowest BCUT2D eigenvalue weighted by Gasteiger charge is -2.35. The minimum Gasteiger partial charge on any atom is -0.496 e. The van der Waals surface area contributed by atoms with E-state index >= 15 is 0 Å². The van der Waals surface area contributed by atoms with Crippen LogP contribution in [0.5, 0.6) is 5.75 Å². The molecule has 0 spiro atoms. The molecule has 0 saturated carbocycles. The molecule has 0 aliphatic carbocycles. The van der Waals surface area contributed by atoms with E-state index in [1.165, 1.54) is 11.9 Å². The minimum atomic E-state index is -0.135. The topological polar surface area (TPSA) is 92.2 Å². The molecule has 3 heterocycles. The second-order valence-electron chi connectivity index (χ2n) is 6.74. The second kappa shape index (κ2) is 8.22. The highest BCUT2D eigenvalue weighted by Gasteiger charge is 2.20. The number of piperazine rings is 1. The molecule has 1 aliphatic rings. The van der Waals surface area contributed by atoms with Crippen LogP contribution in [-0.4, -0.2) is 62.9 Å². The molecular weight excluding hydrogens is 358 g/mol. The maximum absolute atomic E-state index is 11.9. The fraction of sp³-hybridized carbons (Fsp3) is 0.368. The monoisotopic (exact) mass is 381 g/mol. The van der Waals surface area contributed by atoms with Gasteiger partial charge in [-0.1, -0.05) is 6.07 Å². The van der Waals surface area contributed by atoms with E-state index in [0.717, 1.165) is 44.0 Å². The number of hydrogen-bond acceptors (Lipinski definition) is 7. The Bertz CT molecular complexity index is 962. The first-order valence-corrected chi connectivity index (χ1v) is 9.22. The average Bonchev–Trinajstić information content (AvgIpc) is 3.23. The Balaban J connectivity index is 1.41. The third-order valence-electron chi connectivity index (χ3n) is 4.91. The number of anilines is 1. The van der Waals surface area contributed by atoms with Gasteiger partial charge in [-0.15, -0.1) is 0 Å². The number of nitrogens with zero attached hydrogens (tertiary/aromatic N) is 6. The van der Waals surface area contributed by atoms with Gasteiger partial charge in [0, 0.05) is 50.7 Å². The Morgan fingerprint density at radius 2 is 2.04 bits per heavy atom. The first kappa shape index (κ1) is 18.2. The molecule has 0 unspecified atom stereocenters. The van der Waals surface area contributed by atoms with Crippen LogP contribution in [0.25, 0.3) is 0 Å². The molecule has 1 aliphatic heterocycles. The van der Waals surface area contributed by atoms with Crippen molar-refractivity contribution in [1.29, 1.82) is 0 Å². The Morgan fingerprint density at radius 1 is 1.18 bits per heavy atom. The highest BCUT2D eigenvalue weighted by Crippen LogP contribution is 2.22. The summed E-state index contributed by atoms with van der Waals surface area (Å²) >= 11 is 0. The number of methoxy groups -OCH3 is 1. The number of H-pyrrole nitrogens is 1. The maximum atomic E-state index is 11.9. The summed E-state index contributed by atoms with van der Waals surface area (Å²) in [6.07, 6.45) is 6.41. The van der Waals surface area contributed by atoms with Gasteiger partial charge in [0.05, 0.1) is 13.7 Å². The molecule has 9 nitrogen and oxygen atoms in total. The van der Waals surface area contributed by atoms with Crippen LogP contribution < -0.4 is 15.2 Å². The fourth-order valence-corrected chi connectivity index (χ4v) is 3.49. The highest BCUT2D eigenvalue weighted by molar-refractivity contribution is 5.38. The molecule has 1 fully saturated rings. The van der Waals surface area contributed by atoms with Crippen LogP contribution in [0.15, 0.2) is 48.0 Å². The van der Waals surface area contributed by atoms with Crippen molar-refractivity contribution >= 4 is 5.82 Å². The fourth-order valence-electron chi connectivity index (χ4n) is 3.49. The molecule has 28 heavy (non-hydrogen) atoms. The van der Waals surface area contributed by atoms with E-state index in [-0.39, 0.29) is 5.56 Å². The van der Waals surface area contributed by atoms with Gasteiger partial charge in [0.15, 0.2) is 5.82 Å². The number of ether oxygens (including phenoxy) is 1. The van der Waals surface area contributed by atoms with Gasteiger partial charge in [-0.3, -0.25) is 9.69 Å². The summed E-state index contributed by atoms with van der Waals surface area (Å²) in [6, 6.07) is 6.27. The van der Waals surface area contributed by atoms with E-state index < -0.39 is 0 Å². The highest BCUT2D eigenvalue weighted by atomic mass is 16.5. The summed E-state index contributed by atoms with van der Waals surface area (Å²) in [6.45, 7) is 4.78. The van der Waals surface area contributed by atoms with E-state index in [9.17, 15) is 4.79 Å². The SMILES string of the molecule is COc1ccc(CN2CCN(c3ncc[nH]c3=O)CC2)cc1Cn1cncn1. The van der Waals surface area contributed by atoms with Crippen LogP contribution in [0, 0.1) is 0 Å². The van der Waals surface area contributed by atoms with Crippen molar-refractivity contribution in [3.05, 3.63) is 64.7 Å². The molecular formula is C19H23N7O2. The van der Waals surface area contributed by atoms with Gasteiger partial charge in [-0.05, 0) is 17.7 Å². The van der Waals surface area contributed by atoms with Gasteiger partial charge >= 0.3 is 0 Å². The van der Waals surface area contributed by atoms with Crippen LogP contribution in [0.2, 0.25) is 0 Å². The van der Waals surface area contributed by atoms with Crippen molar-refractivity contribution in [2.24, 2.45) is 0 Å². The lowest BCUT2D eigenvalue weighted by molar-refractivity contribution is 0.249. The number of aromatic nitrogens is 5. The quantitative estimate of drug-likeness (QED) is 0.673. The normalized spacial score (nSPS) is 15.0. The molecule has 4 rings (SSSR count). The van der Waals surface area contributed by atoms with Crippen LogP contribution in [0.3, 0.4) is 0 Å². The van der Waals surface area contributed by atoms with E-state index in [1.54, 1.807) is 30.5 Å². The summed E-state index contributed by atoms with van der Waals surface area (Å²) in [5.74, 6) is 1.35. The predicted molar refractivity (Wildman–Crippen MR) is 104 cm³/mol. The second-order valence-corrected chi connectivity index (χ2v) is 6.74. The van der Waals surface area contributed by atoms with Crippen molar-refractivity contribution in [3.63, 3.8) is 0 Å². The summed E-state index contributed by atoms with van der Waals surface area (Å²) in [5.41, 5.74) is 2.16. The number of aromatic amines is 1. The zero-order chi connectivity index (χ0) is 19.3. The molecule has 9 heteroatoms. The molecule has 2 aromatic heterocycles. The lowest BCUT2D eigenvalue weighted by atomic mass is 10.1. The maximum Gasteiger partial charge on any atom is 0.290 e. The molecule has 1 aromatic carbocycles. The van der Waals surface area contributed by atoms with E-state index in [1.807, 2.05) is 11.0 Å². The Hall–Kier alpha value is -3.20. The van der Waals surface area contributed by atoms with Gasteiger partial charge in [-0.25, -0.2) is 14.6 Å². The number of nitrogens with one attached hydrogen (secondary N) is 1. The zero-order valence-corrected chi connectivity index (χ0v) is 15.8. The largest absolute Gasteiger partial charge is 0.496 e. The lowest BCUT2D eigenvalue weighted by Crippen LogP contribution is -2.47. The van der Waals surface area contributed by atoms with E-state index in [0.29, 0.717) is 12.4 Å². The first-order valence-electron chi connectivity index (χ1n) is 9.22. The molecule has 0 bridgehead atoms. The molecule has 1 saturated heterocycles. The smallest absolute Gasteiger partial charge is 0.290 e. The van der Waals surface area contributed by atoms with Crippen LogP contribution >= 0.6 is 0 Å². The average molecular weight is 381 g/mol. The first-order chi connectivity index (χ1) is 13.7. The minimum absolute atomic E-state index is 0.135. The summed E-state index contributed by atoms with van der Waals surface area (Å²) in [5, 5.41) is 4.18. The third kappa shape index (κ3) is 4.04. The summed E-state index contributed by atoms with van der Waals surface area (Å²) in [4.78, 5) is 27.2.